The lowest BCUT2D eigenvalue weighted by atomic mass is 10.1. The van der Waals surface area contributed by atoms with Gasteiger partial charge in [0.25, 0.3) is 5.91 Å². The van der Waals surface area contributed by atoms with Crippen LogP contribution in [0.5, 0.6) is 17.2 Å². The van der Waals surface area contributed by atoms with E-state index in [0.717, 1.165) is 33.3 Å². The molecule has 0 aliphatic carbocycles. The van der Waals surface area contributed by atoms with Gasteiger partial charge < -0.3 is 24.3 Å². The molecule has 0 radical (unpaired) electrons. The second-order valence-electron chi connectivity index (χ2n) is 6.69. The Morgan fingerprint density at radius 1 is 1.03 bits per heavy atom. The summed E-state index contributed by atoms with van der Waals surface area (Å²) in [6.07, 6.45) is 0. The van der Waals surface area contributed by atoms with Gasteiger partial charge in [-0.15, -0.1) is 11.3 Å². The molecule has 2 heterocycles. The first-order chi connectivity index (χ1) is 14.7. The summed E-state index contributed by atoms with van der Waals surface area (Å²) in [4.78, 5) is 14.3. The Kier molecular flexibility index (Phi) is 6.51. The Morgan fingerprint density at radius 3 is 2.77 bits per heavy atom. The summed E-state index contributed by atoms with van der Waals surface area (Å²) >= 11 is 1.45. The lowest BCUT2D eigenvalue weighted by Gasteiger charge is -2.18. The van der Waals surface area contributed by atoms with Crippen LogP contribution in [0.1, 0.15) is 15.2 Å². The van der Waals surface area contributed by atoms with Gasteiger partial charge in [-0.2, -0.15) is 0 Å². The summed E-state index contributed by atoms with van der Waals surface area (Å²) in [5.74, 6) is 2.16. The number of benzene rings is 2. The van der Waals surface area contributed by atoms with E-state index in [2.05, 4.69) is 5.32 Å². The van der Waals surface area contributed by atoms with E-state index in [-0.39, 0.29) is 5.91 Å². The van der Waals surface area contributed by atoms with Gasteiger partial charge in [0.2, 0.25) is 0 Å². The number of fused-ring (bicyclic) bond motifs is 1. The number of thiophene rings is 1. The highest BCUT2D eigenvalue weighted by Gasteiger charge is 2.15. The summed E-state index contributed by atoms with van der Waals surface area (Å²) in [5.41, 5.74) is 1.98. The molecule has 1 aliphatic rings. The molecule has 0 saturated carbocycles. The molecular formula is C23H23NO5S. The monoisotopic (exact) mass is 425 g/mol. The number of nitrogens with one attached hydrogen (secondary N) is 1. The lowest BCUT2D eigenvalue weighted by molar-refractivity contribution is 0.0955. The van der Waals surface area contributed by atoms with Crippen molar-refractivity contribution in [1.82, 2.24) is 5.32 Å². The molecule has 7 heteroatoms. The minimum atomic E-state index is -0.102. The highest BCUT2D eigenvalue weighted by atomic mass is 32.1. The van der Waals surface area contributed by atoms with Gasteiger partial charge in [0.15, 0.2) is 11.5 Å². The summed E-state index contributed by atoms with van der Waals surface area (Å²) in [5, 5.41) is 2.97. The van der Waals surface area contributed by atoms with Gasteiger partial charge >= 0.3 is 0 Å². The van der Waals surface area contributed by atoms with Crippen LogP contribution in [0.25, 0.3) is 10.4 Å². The Labute approximate surface area is 179 Å². The topological polar surface area (TPSA) is 66.0 Å². The summed E-state index contributed by atoms with van der Waals surface area (Å²) in [6, 6.07) is 17.3. The molecule has 0 fully saturated rings. The van der Waals surface area contributed by atoms with E-state index in [1.807, 2.05) is 54.6 Å². The largest absolute Gasteiger partial charge is 0.491 e. The standard InChI is InChI=1S/C23H23NO5S/c1-26-9-10-27-18-4-2-3-16(13-18)15-24-23(25)22-8-7-21(30-22)17-5-6-19-20(14-17)29-12-11-28-19/h2-8,13-14H,9-12,15H2,1H3,(H,24,25). The summed E-state index contributed by atoms with van der Waals surface area (Å²) < 4.78 is 21.8. The molecule has 156 valence electrons. The minimum Gasteiger partial charge on any atom is -0.491 e. The molecule has 4 rings (SSSR count). The van der Waals surface area contributed by atoms with Crippen molar-refractivity contribution in [1.29, 1.82) is 0 Å². The van der Waals surface area contributed by atoms with Crippen molar-refractivity contribution < 1.29 is 23.7 Å². The Hall–Kier alpha value is -3.03. The second kappa shape index (κ2) is 9.65. The molecule has 1 amide bonds. The first kappa shape index (κ1) is 20.3. The van der Waals surface area contributed by atoms with Gasteiger partial charge in [-0.05, 0) is 53.6 Å². The maximum atomic E-state index is 12.6. The van der Waals surface area contributed by atoms with Crippen molar-refractivity contribution in [3.05, 3.63) is 65.0 Å². The zero-order valence-corrected chi connectivity index (χ0v) is 17.5. The Bertz CT molecular complexity index is 1020. The Balaban J connectivity index is 1.37. The fraction of sp³-hybridized carbons (Fsp3) is 0.261. The third-order valence-electron chi connectivity index (χ3n) is 4.56. The molecule has 3 aromatic rings. The van der Waals surface area contributed by atoms with Crippen molar-refractivity contribution in [3.8, 4) is 27.7 Å². The van der Waals surface area contributed by atoms with E-state index < -0.39 is 0 Å². The van der Waals surface area contributed by atoms with Crippen molar-refractivity contribution >= 4 is 17.2 Å². The zero-order chi connectivity index (χ0) is 20.8. The summed E-state index contributed by atoms with van der Waals surface area (Å²) in [7, 11) is 1.64. The van der Waals surface area contributed by atoms with Gasteiger partial charge in [0, 0.05) is 18.5 Å². The quantitative estimate of drug-likeness (QED) is 0.550. The number of carbonyl (C=O) groups is 1. The van der Waals surface area contributed by atoms with Gasteiger partial charge in [-0.25, -0.2) is 0 Å². The molecule has 2 aromatic carbocycles. The fourth-order valence-electron chi connectivity index (χ4n) is 3.07. The average molecular weight is 426 g/mol. The number of amides is 1. The first-order valence-corrected chi connectivity index (χ1v) is 10.5. The van der Waals surface area contributed by atoms with Crippen LogP contribution in [0.15, 0.2) is 54.6 Å². The number of methoxy groups -OCH3 is 1. The van der Waals surface area contributed by atoms with Gasteiger partial charge in [0.1, 0.15) is 25.6 Å². The van der Waals surface area contributed by atoms with Gasteiger partial charge in [-0.1, -0.05) is 12.1 Å². The molecule has 1 N–H and O–H groups in total. The lowest BCUT2D eigenvalue weighted by Crippen LogP contribution is -2.21. The Morgan fingerprint density at radius 2 is 1.90 bits per heavy atom. The molecular weight excluding hydrogens is 402 g/mol. The van der Waals surface area contributed by atoms with Crippen molar-refractivity contribution in [2.75, 3.05) is 33.5 Å². The number of carbonyl (C=O) groups excluding carboxylic acids is 1. The fourth-order valence-corrected chi connectivity index (χ4v) is 3.99. The minimum absolute atomic E-state index is 0.102. The second-order valence-corrected chi connectivity index (χ2v) is 7.78. The van der Waals surface area contributed by atoms with Crippen molar-refractivity contribution in [3.63, 3.8) is 0 Å². The van der Waals surface area contributed by atoms with Crippen LogP contribution in [-0.4, -0.2) is 39.4 Å². The zero-order valence-electron chi connectivity index (χ0n) is 16.7. The molecule has 30 heavy (non-hydrogen) atoms. The molecule has 1 aliphatic heterocycles. The normalized spacial score (nSPS) is 12.4. The smallest absolute Gasteiger partial charge is 0.261 e. The average Bonchev–Trinajstić information content (AvgIpc) is 3.28. The van der Waals surface area contributed by atoms with Gasteiger partial charge in [-0.3, -0.25) is 4.79 Å². The van der Waals surface area contributed by atoms with E-state index in [0.29, 0.717) is 37.8 Å². The molecule has 6 nitrogen and oxygen atoms in total. The van der Waals surface area contributed by atoms with Crippen LogP contribution < -0.4 is 19.5 Å². The number of ether oxygens (including phenoxy) is 4. The van der Waals surface area contributed by atoms with Crippen LogP contribution in [0.3, 0.4) is 0 Å². The number of hydrogen-bond donors (Lipinski definition) is 1. The third kappa shape index (κ3) is 4.93. The van der Waals surface area contributed by atoms with Crippen LogP contribution in [0, 0.1) is 0 Å². The molecule has 0 unspecified atom stereocenters. The van der Waals surface area contributed by atoms with Crippen molar-refractivity contribution in [2.45, 2.75) is 6.54 Å². The highest BCUT2D eigenvalue weighted by Crippen LogP contribution is 2.36. The van der Waals surface area contributed by atoms with Crippen molar-refractivity contribution in [2.24, 2.45) is 0 Å². The molecule has 0 saturated heterocycles. The van der Waals surface area contributed by atoms with E-state index in [1.54, 1.807) is 7.11 Å². The summed E-state index contributed by atoms with van der Waals surface area (Å²) in [6.45, 7) is 2.57. The van der Waals surface area contributed by atoms with Crippen LogP contribution in [0.4, 0.5) is 0 Å². The van der Waals surface area contributed by atoms with Crippen LogP contribution >= 0.6 is 11.3 Å². The predicted molar refractivity (Wildman–Crippen MR) is 116 cm³/mol. The SMILES string of the molecule is COCCOc1cccc(CNC(=O)c2ccc(-c3ccc4c(c3)OCCO4)s2)c1. The van der Waals surface area contributed by atoms with E-state index in [1.165, 1.54) is 11.3 Å². The predicted octanol–water partition coefficient (Wildman–Crippen LogP) is 4.14. The maximum Gasteiger partial charge on any atom is 0.261 e. The molecule has 0 bridgehead atoms. The number of hydrogen-bond acceptors (Lipinski definition) is 6. The van der Waals surface area contributed by atoms with Crippen LogP contribution in [0.2, 0.25) is 0 Å². The third-order valence-corrected chi connectivity index (χ3v) is 5.70. The molecule has 1 aromatic heterocycles. The number of rotatable bonds is 8. The van der Waals surface area contributed by atoms with Crippen LogP contribution in [-0.2, 0) is 11.3 Å². The van der Waals surface area contributed by atoms with E-state index in [9.17, 15) is 4.79 Å². The van der Waals surface area contributed by atoms with E-state index >= 15 is 0 Å². The molecule has 0 spiro atoms. The van der Waals surface area contributed by atoms with Gasteiger partial charge in [0.05, 0.1) is 11.5 Å². The maximum absolute atomic E-state index is 12.6. The van der Waals surface area contributed by atoms with E-state index in [4.69, 9.17) is 18.9 Å². The molecule has 0 atom stereocenters. The first-order valence-electron chi connectivity index (χ1n) is 9.71. The highest BCUT2D eigenvalue weighted by molar-refractivity contribution is 7.17.